The highest BCUT2D eigenvalue weighted by molar-refractivity contribution is 7.17. The number of fused-ring (bicyclic) bond motifs is 1. The minimum absolute atomic E-state index is 0.308. The van der Waals surface area contributed by atoms with Crippen molar-refractivity contribution in [1.29, 1.82) is 0 Å². The Morgan fingerprint density at radius 3 is 2.80 bits per heavy atom. The quantitative estimate of drug-likeness (QED) is 0.366. The fourth-order valence-electron chi connectivity index (χ4n) is 2.82. The van der Waals surface area contributed by atoms with Crippen molar-refractivity contribution in [3.63, 3.8) is 0 Å². The van der Waals surface area contributed by atoms with Crippen molar-refractivity contribution in [3.05, 3.63) is 53.4 Å². The van der Waals surface area contributed by atoms with E-state index < -0.39 is 0 Å². The number of benzene rings is 1. The van der Waals surface area contributed by atoms with Gasteiger partial charge in [0.05, 0.1) is 0 Å². The van der Waals surface area contributed by atoms with Crippen LogP contribution in [0.25, 0.3) is 10.1 Å². The zero-order valence-corrected chi connectivity index (χ0v) is 16.7. The Morgan fingerprint density at radius 2 is 2.16 bits per heavy atom. The largest absolute Gasteiger partial charge is 0.489 e. The van der Waals surface area contributed by atoms with Crippen molar-refractivity contribution in [2.45, 2.75) is 53.0 Å². The van der Waals surface area contributed by atoms with Gasteiger partial charge >= 0.3 is 0 Å². The first-order valence-corrected chi connectivity index (χ1v) is 9.93. The minimum Gasteiger partial charge on any atom is -0.489 e. The lowest BCUT2D eigenvalue weighted by molar-refractivity contribution is 0.357. The van der Waals surface area contributed by atoms with Crippen LogP contribution >= 0.6 is 11.3 Å². The molecule has 0 unspecified atom stereocenters. The molecule has 0 saturated carbocycles. The van der Waals surface area contributed by atoms with Crippen LogP contribution in [0.3, 0.4) is 0 Å². The number of aliphatic imine (C=N–C) groups is 1. The van der Waals surface area contributed by atoms with Gasteiger partial charge < -0.3 is 4.74 Å². The molecule has 3 heteroatoms. The summed E-state index contributed by atoms with van der Waals surface area (Å²) in [6, 6.07) is 6.67. The molecule has 1 heterocycles. The van der Waals surface area contributed by atoms with Crippen LogP contribution in [-0.4, -0.2) is 18.4 Å². The van der Waals surface area contributed by atoms with Gasteiger partial charge in [-0.05, 0) is 68.1 Å². The number of hydrogen-bond acceptors (Lipinski definition) is 3. The van der Waals surface area contributed by atoms with Crippen molar-refractivity contribution >= 4 is 27.1 Å². The molecule has 0 spiro atoms. The maximum absolute atomic E-state index is 6.08. The number of thiophene rings is 1. The first-order chi connectivity index (χ1) is 12.1. The van der Waals surface area contributed by atoms with Gasteiger partial charge in [0.25, 0.3) is 0 Å². The molecule has 0 amide bonds. The molecule has 0 saturated heterocycles. The molecule has 2 aromatic rings. The van der Waals surface area contributed by atoms with Crippen LogP contribution < -0.4 is 4.74 Å². The summed E-state index contributed by atoms with van der Waals surface area (Å²) in [4.78, 5) is 4.78. The highest BCUT2D eigenvalue weighted by Crippen LogP contribution is 2.30. The summed E-state index contributed by atoms with van der Waals surface area (Å²) in [5, 5.41) is 3.51. The standard InChI is InChI=1S/C22H29NOS/c1-6-9-18-15-25-22-13-19(11-12-20(18)22)24-14-17(8-3)21(10-7-2)23-16(4)5/h6,8,11-13,15-16H,1,7,9-10,14H2,2-5H3/b17-8-,23-21?. The Kier molecular flexibility index (Phi) is 7.45. The van der Waals surface area contributed by atoms with E-state index in [0.717, 1.165) is 25.0 Å². The van der Waals surface area contributed by atoms with Gasteiger partial charge in [-0.25, -0.2) is 0 Å². The van der Waals surface area contributed by atoms with E-state index in [-0.39, 0.29) is 0 Å². The third kappa shape index (κ3) is 5.30. The van der Waals surface area contributed by atoms with Gasteiger partial charge in [-0.2, -0.15) is 0 Å². The zero-order chi connectivity index (χ0) is 18.2. The Balaban J connectivity index is 2.13. The first-order valence-electron chi connectivity index (χ1n) is 9.05. The lowest BCUT2D eigenvalue weighted by atomic mass is 10.1. The third-order valence-corrected chi connectivity index (χ3v) is 5.00. The summed E-state index contributed by atoms with van der Waals surface area (Å²) >= 11 is 1.76. The second-order valence-corrected chi connectivity index (χ2v) is 7.35. The molecule has 2 nitrogen and oxygen atoms in total. The van der Waals surface area contributed by atoms with E-state index in [1.807, 2.05) is 6.08 Å². The topological polar surface area (TPSA) is 21.6 Å². The van der Waals surface area contributed by atoms with E-state index in [4.69, 9.17) is 9.73 Å². The van der Waals surface area contributed by atoms with Crippen LogP contribution in [0.1, 0.15) is 46.1 Å². The summed E-state index contributed by atoms with van der Waals surface area (Å²) in [5.74, 6) is 0.916. The Labute approximate surface area is 155 Å². The van der Waals surface area contributed by atoms with E-state index in [1.165, 1.54) is 26.9 Å². The third-order valence-electron chi connectivity index (χ3n) is 4.01. The van der Waals surface area contributed by atoms with Gasteiger partial charge in [-0.15, -0.1) is 17.9 Å². The molecule has 1 aromatic heterocycles. The molecule has 0 N–H and O–H groups in total. The monoisotopic (exact) mass is 355 g/mol. The lowest BCUT2D eigenvalue weighted by Crippen LogP contribution is -2.13. The van der Waals surface area contributed by atoms with Gasteiger partial charge in [0.2, 0.25) is 0 Å². The SMILES string of the molecule is C=CCc1csc2cc(OC/C(=C/C)C(CCC)=NC(C)C)ccc12. The van der Waals surface area contributed by atoms with E-state index in [1.54, 1.807) is 11.3 Å². The van der Waals surface area contributed by atoms with E-state index in [2.05, 4.69) is 63.9 Å². The summed E-state index contributed by atoms with van der Waals surface area (Å²) in [5.41, 5.74) is 3.70. The van der Waals surface area contributed by atoms with E-state index >= 15 is 0 Å². The molecule has 134 valence electrons. The van der Waals surface area contributed by atoms with Gasteiger partial charge in [0.1, 0.15) is 12.4 Å². The number of rotatable bonds is 9. The molecule has 1 aromatic carbocycles. The number of hydrogen-bond donors (Lipinski definition) is 0. The smallest absolute Gasteiger partial charge is 0.121 e. The van der Waals surface area contributed by atoms with Crippen LogP contribution in [0.4, 0.5) is 0 Å². The van der Waals surface area contributed by atoms with Gasteiger partial charge in [0.15, 0.2) is 0 Å². The molecule has 0 fully saturated rings. The fourth-order valence-corrected chi connectivity index (χ4v) is 3.82. The molecule has 2 rings (SSSR count). The molecule has 0 aliphatic rings. The maximum atomic E-state index is 6.08. The number of ether oxygens (including phenoxy) is 1. The molecule has 0 bridgehead atoms. The summed E-state index contributed by atoms with van der Waals surface area (Å²) in [6.45, 7) is 12.9. The van der Waals surface area contributed by atoms with Crippen molar-refractivity contribution < 1.29 is 4.74 Å². The highest BCUT2D eigenvalue weighted by Gasteiger charge is 2.09. The van der Waals surface area contributed by atoms with Crippen LogP contribution in [0.15, 0.2) is 52.9 Å². The Morgan fingerprint density at radius 1 is 1.36 bits per heavy atom. The van der Waals surface area contributed by atoms with Gasteiger partial charge in [-0.1, -0.05) is 25.5 Å². The molecular weight excluding hydrogens is 326 g/mol. The fraction of sp³-hybridized carbons (Fsp3) is 0.409. The normalized spacial score (nSPS) is 12.8. The van der Waals surface area contributed by atoms with Crippen LogP contribution in [-0.2, 0) is 6.42 Å². The molecule has 0 atom stereocenters. The van der Waals surface area contributed by atoms with Crippen molar-refractivity contribution in [2.24, 2.45) is 4.99 Å². The predicted octanol–water partition coefficient (Wildman–Crippen LogP) is 6.60. The lowest BCUT2D eigenvalue weighted by Gasteiger charge is -2.13. The second kappa shape index (κ2) is 9.57. The number of nitrogens with zero attached hydrogens (tertiary/aromatic N) is 1. The molecule has 25 heavy (non-hydrogen) atoms. The Bertz CT molecular complexity index is 767. The van der Waals surface area contributed by atoms with Crippen molar-refractivity contribution in [3.8, 4) is 5.75 Å². The van der Waals surface area contributed by atoms with Crippen LogP contribution in [0, 0.1) is 0 Å². The van der Waals surface area contributed by atoms with E-state index in [0.29, 0.717) is 12.6 Å². The molecule has 0 aliphatic carbocycles. The van der Waals surface area contributed by atoms with Crippen molar-refractivity contribution in [2.75, 3.05) is 6.61 Å². The molecular formula is C22H29NOS. The summed E-state index contributed by atoms with van der Waals surface area (Å²) in [7, 11) is 0. The van der Waals surface area contributed by atoms with Crippen LogP contribution in [0.5, 0.6) is 5.75 Å². The summed E-state index contributed by atoms with van der Waals surface area (Å²) < 4.78 is 7.35. The predicted molar refractivity (Wildman–Crippen MR) is 112 cm³/mol. The highest BCUT2D eigenvalue weighted by atomic mass is 32.1. The van der Waals surface area contributed by atoms with Crippen LogP contribution in [0.2, 0.25) is 0 Å². The average Bonchev–Trinajstić information content (AvgIpc) is 2.98. The molecule has 0 aliphatic heterocycles. The zero-order valence-electron chi connectivity index (χ0n) is 15.8. The maximum Gasteiger partial charge on any atom is 0.121 e. The van der Waals surface area contributed by atoms with Crippen molar-refractivity contribution in [1.82, 2.24) is 0 Å². The summed E-state index contributed by atoms with van der Waals surface area (Å²) in [6.07, 6.45) is 7.08. The Hall–Kier alpha value is -1.87. The van der Waals surface area contributed by atoms with E-state index in [9.17, 15) is 0 Å². The first kappa shape index (κ1) is 19.5. The minimum atomic E-state index is 0.308. The second-order valence-electron chi connectivity index (χ2n) is 6.43. The number of allylic oxidation sites excluding steroid dienone is 2. The molecule has 0 radical (unpaired) electrons. The van der Waals surface area contributed by atoms with Gasteiger partial charge in [0, 0.05) is 22.0 Å². The average molecular weight is 356 g/mol. The van der Waals surface area contributed by atoms with Gasteiger partial charge in [-0.3, -0.25) is 4.99 Å².